The summed E-state index contributed by atoms with van der Waals surface area (Å²) in [5, 5.41) is 0. The number of amides is 2. The highest BCUT2D eigenvalue weighted by Gasteiger charge is 2.50. The van der Waals surface area contributed by atoms with Crippen LogP contribution in [0.2, 0.25) is 0 Å². The summed E-state index contributed by atoms with van der Waals surface area (Å²) in [6.45, 7) is 2.43. The highest BCUT2D eigenvalue weighted by molar-refractivity contribution is 5.94. The molecule has 1 saturated carbocycles. The van der Waals surface area contributed by atoms with Gasteiger partial charge in [0.05, 0.1) is 12.7 Å². The summed E-state index contributed by atoms with van der Waals surface area (Å²) in [6.07, 6.45) is 1.33. The van der Waals surface area contributed by atoms with Crippen molar-refractivity contribution < 1.29 is 18.7 Å². The Bertz CT molecular complexity index is 662. The Morgan fingerprint density at radius 3 is 2.48 bits per heavy atom. The van der Waals surface area contributed by atoms with E-state index in [0.29, 0.717) is 51.2 Å². The number of likely N-dealkylation sites (tertiary alicyclic amines) is 1. The molecule has 25 heavy (non-hydrogen) atoms. The van der Waals surface area contributed by atoms with Crippen molar-refractivity contribution in [2.45, 2.75) is 31.0 Å². The SMILES string of the molecule is O=C(c1ccccc1)N1CCO[C@@H]2CN(C(=O)C3(F)CCC3)C[C@@H]2C1. The first-order valence-electron chi connectivity index (χ1n) is 9.01. The average Bonchev–Trinajstić information content (AvgIpc) is 2.90. The topological polar surface area (TPSA) is 49.9 Å². The van der Waals surface area contributed by atoms with Crippen LogP contribution in [0.15, 0.2) is 30.3 Å². The molecule has 4 rings (SSSR count). The molecule has 0 bridgehead atoms. The Morgan fingerprint density at radius 2 is 1.80 bits per heavy atom. The number of benzene rings is 1. The second kappa shape index (κ2) is 6.41. The van der Waals surface area contributed by atoms with Crippen molar-refractivity contribution in [1.82, 2.24) is 9.80 Å². The molecule has 0 spiro atoms. The first kappa shape index (κ1) is 16.5. The molecule has 1 aliphatic carbocycles. The van der Waals surface area contributed by atoms with Gasteiger partial charge in [0.25, 0.3) is 11.8 Å². The second-order valence-corrected chi connectivity index (χ2v) is 7.32. The Labute approximate surface area is 146 Å². The van der Waals surface area contributed by atoms with Gasteiger partial charge in [0.1, 0.15) is 0 Å². The predicted molar refractivity (Wildman–Crippen MR) is 89.8 cm³/mol. The van der Waals surface area contributed by atoms with E-state index < -0.39 is 11.6 Å². The van der Waals surface area contributed by atoms with Crippen LogP contribution in [-0.2, 0) is 9.53 Å². The van der Waals surface area contributed by atoms with E-state index in [0.717, 1.165) is 6.42 Å². The Kier molecular flexibility index (Phi) is 4.23. The molecule has 2 amide bonds. The molecule has 0 radical (unpaired) electrons. The van der Waals surface area contributed by atoms with Crippen LogP contribution in [0, 0.1) is 5.92 Å². The molecule has 2 heterocycles. The fourth-order valence-corrected chi connectivity index (χ4v) is 3.99. The molecule has 2 atom stereocenters. The zero-order valence-corrected chi connectivity index (χ0v) is 14.2. The third-order valence-corrected chi connectivity index (χ3v) is 5.65. The number of hydrogen-bond acceptors (Lipinski definition) is 3. The number of carbonyl (C=O) groups is 2. The number of nitrogens with zero attached hydrogens (tertiary/aromatic N) is 2. The monoisotopic (exact) mass is 346 g/mol. The van der Waals surface area contributed by atoms with Crippen molar-refractivity contribution in [2.24, 2.45) is 5.92 Å². The first-order chi connectivity index (χ1) is 12.1. The van der Waals surface area contributed by atoms with Crippen LogP contribution >= 0.6 is 0 Å². The molecule has 0 aromatic heterocycles. The molecule has 2 saturated heterocycles. The highest BCUT2D eigenvalue weighted by atomic mass is 19.1. The number of hydrogen-bond donors (Lipinski definition) is 0. The van der Waals surface area contributed by atoms with Gasteiger partial charge in [-0.25, -0.2) is 4.39 Å². The van der Waals surface area contributed by atoms with Crippen molar-refractivity contribution in [1.29, 1.82) is 0 Å². The summed E-state index contributed by atoms with van der Waals surface area (Å²) in [7, 11) is 0. The van der Waals surface area contributed by atoms with E-state index in [-0.39, 0.29) is 17.9 Å². The van der Waals surface area contributed by atoms with E-state index in [4.69, 9.17) is 4.74 Å². The van der Waals surface area contributed by atoms with Gasteiger partial charge in [-0.3, -0.25) is 9.59 Å². The van der Waals surface area contributed by atoms with Gasteiger partial charge in [-0.2, -0.15) is 0 Å². The van der Waals surface area contributed by atoms with Gasteiger partial charge in [-0.05, 0) is 31.4 Å². The molecule has 3 fully saturated rings. The van der Waals surface area contributed by atoms with Gasteiger partial charge in [0, 0.05) is 37.7 Å². The van der Waals surface area contributed by atoms with Crippen molar-refractivity contribution in [2.75, 3.05) is 32.8 Å². The van der Waals surface area contributed by atoms with Crippen molar-refractivity contribution in [3.8, 4) is 0 Å². The van der Waals surface area contributed by atoms with E-state index >= 15 is 0 Å². The Hall–Kier alpha value is -1.95. The smallest absolute Gasteiger partial charge is 0.260 e. The fraction of sp³-hybridized carbons (Fsp3) is 0.579. The van der Waals surface area contributed by atoms with Crippen LogP contribution in [0.1, 0.15) is 29.6 Å². The molecular formula is C19H23FN2O3. The number of halogens is 1. The van der Waals surface area contributed by atoms with E-state index in [1.54, 1.807) is 21.9 Å². The first-order valence-corrected chi connectivity index (χ1v) is 9.01. The molecule has 5 nitrogen and oxygen atoms in total. The molecule has 2 aliphatic heterocycles. The van der Waals surface area contributed by atoms with Crippen molar-refractivity contribution in [3.05, 3.63) is 35.9 Å². The van der Waals surface area contributed by atoms with E-state index in [1.807, 2.05) is 18.2 Å². The number of ether oxygens (including phenoxy) is 1. The van der Waals surface area contributed by atoms with E-state index in [9.17, 15) is 14.0 Å². The minimum atomic E-state index is -1.66. The minimum absolute atomic E-state index is 0.0180. The summed E-state index contributed by atoms with van der Waals surface area (Å²) in [4.78, 5) is 28.5. The van der Waals surface area contributed by atoms with Gasteiger partial charge >= 0.3 is 0 Å². The van der Waals surface area contributed by atoms with Gasteiger partial charge in [0.15, 0.2) is 5.67 Å². The van der Waals surface area contributed by atoms with Gasteiger partial charge in [0.2, 0.25) is 0 Å². The van der Waals surface area contributed by atoms with Crippen molar-refractivity contribution >= 4 is 11.8 Å². The number of alkyl halides is 1. The summed E-state index contributed by atoms with van der Waals surface area (Å²) in [5.74, 6) is -0.366. The van der Waals surface area contributed by atoms with Crippen LogP contribution in [0.25, 0.3) is 0 Å². The normalized spacial score (nSPS) is 28.0. The Balaban J connectivity index is 1.44. The minimum Gasteiger partial charge on any atom is -0.374 e. The molecule has 134 valence electrons. The maximum absolute atomic E-state index is 14.4. The largest absolute Gasteiger partial charge is 0.374 e. The Morgan fingerprint density at radius 1 is 1.08 bits per heavy atom. The zero-order valence-electron chi connectivity index (χ0n) is 14.2. The van der Waals surface area contributed by atoms with E-state index in [1.165, 1.54) is 0 Å². The zero-order chi connectivity index (χ0) is 17.4. The summed E-state index contributed by atoms with van der Waals surface area (Å²) in [5.41, 5.74) is -1.01. The molecular weight excluding hydrogens is 323 g/mol. The highest BCUT2D eigenvalue weighted by Crippen LogP contribution is 2.39. The summed E-state index contributed by atoms with van der Waals surface area (Å²) < 4.78 is 20.3. The van der Waals surface area contributed by atoms with E-state index in [2.05, 4.69) is 0 Å². The van der Waals surface area contributed by atoms with Crippen LogP contribution in [0.4, 0.5) is 4.39 Å². The second-order valence-electron chi connectivity index (χ2n) is 7.32. The standard InChI is InChI=1S/C19H23FN2O3/c20-19(7-4-8-19)18(24)22-12-15-11-21(9-10-25-16(15)13-22)17(23)14-5-2-1-3-6-14/h1-3,5-6,15-16H,4,7-13H2/t15-,16+/m0/s1. The number of rotatable bonds is 2. The number of fused-ring (bicyclic) bond motifs is 1. The number of carbonyl (C=O) groups excluding carboxylic acids is 2. The van der Waals surface area contributed by atoms with Crippen molar-refractivity contribution in [3.63, 3.8) is 0 Å². The maximum atomic E-state index is 14.4. The lowest BCUT2D eigenvalue weighted by Crippen LogP contribution is -2.50. The molecule has 0 N–H and O–H groups in total. The maximum Gasteiger partial charge on any atom is 0.260 e. The lowest BCUT2D eigenvalue weighted by molar-refractivity contribution is -0.149. The van der Waals surface area contributed by atoms with Gasteiger partial charge < -0.3 is 14.5 Å². The van der Waals surface area contributed by atoms with Crippen LogP contribution in [0.3, 0.4) is 0 Å². The lowest BCUT2D eigenvalue weighted by atomic mass is 9.81. The molecule has 3 aliphatic rings. The van der Waals surface area contributed by atoms with Crippen LogP contribution < -0.4 is 0 Å². The molecule has 1 aromatic carbocycles. The molecule has 1 aromatic rings. The summed E-state index contributed by atoms with van der Waals surface area (Å²) in [6, 6.07) is 9.18. The van der Waals surface area contributed by atoms with Gasteiger partial charge in [-0.1, -0.05) is 18.2 Å². The quantitative estimate of drug-likeness (QED) is 0.822. The van der Waals surface area contributed by atoms with Gasteiger partial charge in [-0.15, -0.1) is 0 Å². The fourth-order valence-electron chi connectivity index (χ4n) is 3.99. The molecule has 0 unspecified atom stereocenters. The predicted octanol–water partition coefficient (Wildman–Crippen LogP) is 1.88. The summed E-state index contributed by atoms with van der Waals surface area (Å²) >= 11 is 0. The molecule has 6 heteroatoms. The lowest BCUT2D eigenvalue weighted by Gasteiger charge is -2.35. The van der Waals surface area contributed by atoms with Crippen LogP contribution in [0.5, 0.6) is 0 Å². The average molecular weight is 346 g/mol. The third kappa shape index (κ3) is 3.03. The van der Waals surface area contributed by atoms with Crippen LogP contribution in [-0.4, -0.2) is 66.2 Å². The third-order valence-electron chi connectivity index (χ3n) is 5.65.